The third-order valence-corrected chi connectivity index (χ3v) is 5.07. The molecule has 7 heteroatoms. The van der Waals surface area contributed by atoms with Crippen LogP contribution in [0.3, 0.4) is 0 Å². The molecule has 0 radical (unpaired) electrons. The molecule has 0 saturated carbocycles. The Hall–Kier alpha value is -3.61. The number of aromatic nitrogens is 2. The van der Waals surface area contributed by atoms with Gasteiger partial charge in [0.05, 0.1) is 17.2 Å². The molecule has 2 aromatic carbocycles. The summed E-state index contributed by atoms with van der Waals surface area (Å²) in [7, 11) is 0. The molecule has 4 rings (SSSR count). The summed E-state index contributed by atoms with van der Waals surface area (Å²) in [6.07, 6.45) is 1.34. The molecule has 1 atom stereocenters. The Morgan fingerprint density at radius 1 is 0.931 bits per heavy atom. The maximum atomic E-state index is 12.8. The fraction of sp³-hybridized carbons (Fsp3) is 0.227. The fourth-order valence-electron chi connectivity index (χ4n) is 3.51. The van der Waals surface area contributed by atoms with Crippen molar-refractivity contribution in [2.45, 2.75) is 13.0 Å². The van der Waals surface area contributed by atoms with E-state index < -0.39 is 11.7 Å². The largest absolute Gasteiger partial charge is 0.335 e. The smallest absolute Gasteiger partial charge is 0.297 e. The highest BCUT2D eigenvalue weighted by molar-refractivity contribution is 6.42. The number of carbonyl (C=O) groups excluding carboxylic acids is 3. The summed E-state index contributed by atoms with van der Waals surface area (Å²) in [6, 6.07) is 15.9. The van der Waals surface area contributed by atoms with Gasteiger partial charge in [0.25, 0.3) is 17.6 Å². The summed E-state index contributed by atoms with van der Waals surface area (Å²) >= 11 is 0. The van der Waals surface area contributed by atoms with E-state index in [0.29, 0.717) is 36.2 Å². The zero-order valence-corrected chi connectivity index (χ0v) is 16.0. The third kappa shape index (κ3) is 3.71. The van der Waals surface area contributed by atoms with Gasteiger partial charge < -0.3 is 9.80 Å². The van der Waals surface area contributed by atoms with E-state index in [0.717, 1.165) is 0 Å². The van der Waals surface area contributed by atoms with Gasteiger partial charge in [0.2, 0.25) is 0 Å². The normalized spacial score (nSPS) is 16.7. The number of hydrogen-bond donors (Lipinski definition) is 0. The predicted molar refractivity (Wildman–Crippen MR) is 107 cm³/mol. The van der Waals surface area contributed by atoms with Crippen LogP contribution in [0.25, 0.3) is 11.0 Å². The van der Waals surface area contributed by atoms with Crippen LogP contribution in [0.15, 0.2) is 60.8 Å². The number of amides is 2. The highest BCUT2D eigenvalue weighted by atomic mass is 16.2. The van der Waals surface area contributed by atoms with Crippen molar-refractivity contribution in [3.63, 3.8) is 0 Å². The first-order valence-electron chi connectivity index (χ1n) is 9.46. The van der Waals surface area contributed by atoms with Crippen molar-refractivity contribution in [2.24, 2.45) is 0 Å². The van der Waals surface area contributed by atoms with E-state index in [-0.39, 0.29) is 17.6 Å². The predicted octanol–water partition coefficient (Wildman–Crippen LogP) is 2.19. The number of piperazine rings is 1. The zero-order chi connectivity index (χ0) is 20.4. The summed E-state index contributed by atoms with van der Waals surface area (Å²) in [5, 5.41) is 0. The highest BCUT2D eigenvalue weighted by Crippen LogP contribution is 2.16. The number of benzene rings is 2. The number of para-hydroxylation sites is 2. The lowest BCUT2D eigenvalue weighted by atomic mass is 10.1. The molecule has 1 fully saturated rings. The average Bonchev–Trinajstić information content (AvgIpc) is 2.77. The number of rotatable bonds is 3. The monoisotopic (exact) mass is 388 g/mol. The quantitative estimate of drug-likeness (QED) is 0.507. The molecule has 0 bridgehead atoms. The van der Waals surface area contributed by atoms with Crippen LogP contribution in [0.4, 0.5) is 0 Å². The molecule has 0 aliphatic carbocycles. The zero-order valence-electron chi connectivity index (χ0n) is 16.0. The van der Waals surface area contributed by atoms with Gasteiger partial charge in [-0.1, -0.05) is 30.3 Å². The molecule has 1 aliphatic heterocycles. The molecule has 29 heavy (non-hydrogen) atoms. The molecule has 0 N–H and O–H groups in total. The van der Waals surface area contributed by atoms with Gasteiger partial charge in [-0.3, -0.25) is 19.4 Å². The van der Waals surface area contributed by atoms with Crippen LogP contribution < -0.4 is 0 Å². The maximum Gasteiger partial charge on any atom is 0.297 e. The molecule has 7 nitrogen and oxygen atoms in total. The van der Waals surface area contributed by atoms with Gasteiger partial charge in [-0.25, -0.2) is 4.98 Å². The van der Waals surface area contributed by atoms with Crippen LogP contribution in [0.5, 0.6) is 0 Å². The van der Waals surface area contributed by atoms with Gasteiger partial charge in [-0.05, 0) is 31.2 Å². The number of carbonyl (C=O) groups is 3. The molecule has 2 heterocycles. The maximum absolute atomic E-state index is 12.8. The van der Waals surface area contributed by atoms with Crippen molar-refractivity contribution in [3.8, 4) is 0 Å². The second kappa shape index (κ2) is 7.79. The number of ketones is 1. The van der Waals surface area contributed by atoms with E-state index in [1.54, 1.807) is 35.2 Å². The third-order valence-electron chi connectivity index (χ3n) is 5.07. The molecule has 146 valence electrons. The van der Waals surface area contributed by atoms with Crippen molar-refractivity contribution >= 4 is 28.6 Å². The Balaban J connectivity index is 1.46. The number of nitrogens with zero attached hydrogens (tertiary/aromatic N) is 4. The van der Waals surface area contributed by atoms with Gasteiger partial charge in [0, 0.05) is 31.2 Å². The molecule has 0 unspecified atom stereocenters. The number of Topliss-reactive ketones (excluding diaryl/α,β-unsaturated/α-hetero) is 1. The van der Waals surface area contributed by atoms with Crippen molar-refractivity contribution in [2.75, 3.05) is 19.6 Å². The van der Waals surface area contributed by atoms with E-state index in [2.05, 4.69) is 9.97 Å². The number of hydrogen-bond acceptors (Lipinski definition) is 5. The lowest BCUT2D eigenvalue weighted by Crippen LogP contribution is -2.56. The van der Waals surface area contributed by atoms with Crippen molar-refractivity contribution < 1.29 is 14.4 Å². The number of fused-ring (bicyclic) bond motifs is 1. The lowest BCUT2D eigenvalue weighted by Gasteiger charge is -2.39. The second-order valence-corrected chi connectivity index (χ2v) is 7.04. The van der Waals surface area contributed by atoms with Crippen molar-refractivity contribution in [3.05, 3.63) is 72.1 Å². The Morgan fingerprint density at radius 3 is 2.34 bits per heavy atom. The first kappa shape index (κ1) is 18.7. The molecular formula is C22H20N4O3. The molecule has 1 saturated heterocycles. The van der Waals surface area contributed by atoms with Crippen LogP contribution in [0.1, 0.15) is 27.8 Å². The molecule has 0 spiro atoms. The van der Waals surface area contributed by atoms with Crippen LogP contribution >= 0.6 is 0 Å². The molecule has 2 amide bonds. The summed E-state index contributed by atoms with van der Waals surface area (Å²) in [6.45, 7) is 2.88. The van der Waals surface area contributed by atoms with E-state index in [9.17, 15) is 14.4 Å². The van der Waals surface area contributed by atoms with Gasteiger partial charge >= 0.3 is 0 Å². The molecule has 3 aromatic rings. The fourth-order valence-corrected chi connectivity index (χ4v) is 3.51. The van der Waals surface area contributed by atoms with Crippen LogP contribution in [-0.4, -0.2) is 63.0 Å². The Kier molecular flexibility index (Phi) is 5.03. The van der Waals surface area contributed by atoms with Gasteiger partial charge in [-0.2, -0.15) is 0 Å². The summed E-state index contributed by atoms with van der Waals surface area (Å²) in [5.41, 5.74) is 1.88. The molecular weight excluding hydrogens is 368 g/mol. The Labute approximate surface area is 168 Å². The van der Waals surface area contributed by atoms with E-state index in [1.165, 1.54) is 11.1 Å². The van der Waals surface area contributed by atoms with Crippen molar-refractivity contribution in [1.82, 2.24) is 19.8 Å². The first-order valence-corrected chi connectivity index (χ1v) is 9.46. The van der Waals surface area contributed by atoms with Crippen LogP contribution in [0.2, 0.25) is 0 Å². The van der Waals surface area contributed by atoms with Crippen LogP contribution in [0, 0.1) is 0 Å². The van der Waals surface area contributed by atoms with Crippen LogP contribution in [-0.2, 0) is 4.79 Å². The standard InChI is InChI=1S/C22H20N4O3/c1-15-14-25(21(28)16-7-3-2-4-8-16)11-12-26(15)22(29)20(27)19-13-23-17-9-5-6-10-18(17)24-19/h2-10,13,15H,11-12,14H2,1H3/t15-/m1/s1. The lowest BCUT2D eigenvalue weighted by molar-refractivity contribution is -0.130. The molecule has 1 aliphatic rings. The minimum atomic E-state index is -0.682. The minimum Gasteiger partial charge on any atom is -0.335 e. The summed E-state index contributed by atoms with van der Waals surface area (Å²) in [5.74, 6) is -1.37. The second-order valence-electron chi connectivity index (χ2n) is 7.04. The summed E-state index contributed by atoms with van der Waals surface area (Å²) < 4.78 is 0. The first-order chi connectivity index (χ1) is 14.0. The summed E-state index contributed by atoms with van der Waals surface area (Å²) in [4.78, 5) is 49.8. The SMILES string of the molecule is C[C@@H]1CN(C(=O)c2ccccc2)CCN1C(=O)C(=O)c1cnc2ccccc2n1. The van der Waals surface area contributed by atoms with E-state index in [1.807, 2.05) is 31.2 Å². The Morgan fingerprint density at radius 2 is 1.62 bits per heavy atom. The Bertz CT molecular complexity index is 1080. The minimum absolute atomic E-state index is 0.0312. The van der Waals surface area contributed by atoms with Gasteiger partial charge in [-0.15, -0.1) is 0 Å². The van der Waals surface area contributed by atoms with Crippen molar-refractivity contribution in [1.29, 1.82) is 0 Å². The topological polar surface area (TPSA) is 83.5 Å². The van der Waals surface area contributed by atoms with Gasteiger partial charge in [0.15, 0.2) is 0 Å². The van der Waals surface area contributed by atoms with Gasteiger partial charge in [0.1, 0.15) is 5.69 Å². The molecule has 1 aromatic heterocycles. The van der Waals surface area contributed by atoms with E-state index >= 15 is 0 Å². The van der Waals surface area contributed by atoms with E-state index in [4.69, 9.17) is 0 Å². The average molecular weight is 388 g/mol. The highest BCUT2D eigenvalue weighted by Gasteiger charge is 2.34.